The minimum Gasteiger partial charge on any atom is -0.354 e. The zero-order chi connectivity index (χ0) is 18.8. The standard InChI is InChI=1S/C16H20ClFN4O2S/c1-11-15(16(17)20-22(11)10-13(18)7-8-19)12-5-4-6-14(9-12)25(23,24)21(2)3/h4-7,9H,8,10,19H2,1-3H3/p+1/b13-7-. The summed E-state index contributed by atoms with van der Waals surface area (Å²) >= 11 is 6.23. The molecule has 0 radical (unpaired) electrons. The number of sulfonamides is 1. The monoisotopic (exact) mass is 387 g/mol. The van der Waals surface area contributed by atoms with Crippen molar-refractivity contribution in [3.05, 3.63) is 47.0 Å². The van der Waals surface area contributed by atoms with Gasteiger partial charge in [-0.15, -0.1) is 0 Å². The first-order valence-corrected chi connectivity index (χ1v) is 9.40. The molecule has 0 unspecified atom stereocenters. The van der Waals surface area contributed by atoms with Gasteiger partial charge in [-0.25, -0.2) is 17.1 Å². The average molecular weight is 388 g/mol. The van der Waals surface area contributed by atoms with Crippen LogP contribution in [0, 0.1) is 6.92 Å². The Hall–Kier alpha value is -1.74. The van der Waals surface area contributed by atoms with Crippen LogP contribution in [-0.4, -0.2) is 43.1 Å². The fraction of sp³-hybridized carbons (Fsp3) is 0.312. The van der Waals surface area contributed by atoms with E-state index in [0.717, 1.165) is 4.31 Å². The second-order valence-electron chi connectivity index (χ2n) is 5.66. The van der Waals surface area contributed by atoms with E-state index >= 15 is 0 Å². The molecule has 1 heterocycles. The van der Waals surface area contributed by atoms with Crippen molar-refractivity contribution in [2.24, 2.45) is 0 Å². The number of allylic oxidation sites excluding steroid dienone is 1. The number of hydrogen-bond acceptors (Lipinski definition) is 3. The first-order chi connectivity index (χ1) is 11.7. The fourth-order valence-corrected chi connectivity index (χ4v) is 3.66. The van der Waals surface area contributed by atoms with Crippen molar-refractivity contribution in [2.75, 3.05) is 20.6 Å². The van der Waals surface area contributed by atoms with Gasteiger partial charge in [0, 0.05) is 31.4 Å². The largest absolute Gasteiger partial charge is 0.354 e. The lowest BCUT2D eigenvalue weighted by Crippen LogP contribution is -2.49. The Kier molecular flexibility index (Phi) is 5.99. The fourth-order valence-electron chi connectivity index (χ4n) is 2.38. The lowest BCUT2D eigenvalue weighted by atomic mass is 10.1. The van der Waals surface area contributed by atoms with Gasteiger partial charge in [0.25, 0.3) is 0 Å². The Labute approximate surface area is 151 Å². The zero-order valence-corrected chi connectivity index (χ0v) is 15.9. The molecular weight excluding hydrogens is 367 g/mol. The molecule has 0 fully saturated rings. The van der Waals surface area contributed by atoms with Gasteiger partial charge in [0.1, 0.15) is 5.83 Å². The molecule has 0 amide bonds. The molecule has 0 spiro atoms. The summed E-state index contributed by atoms with van der Waals surface area (Å²) < 4.78 is 41.0. The van der Waals surface area contributed by atoms with Crippen molar-refractivity contribution < 1.29 is 18.5 Å². The van der Waals surface area contributed by atoms with Crippen LogP contribution in [0.1, 0.15) is 5.69 Å². The van der Waals surface area contributed by atoms with Gasteiger partial charge in [-0.3, -0.25) is 4.68 Å². The van der Waals surface area contributed by atoms with E-state index in [9.17, 15) is 12.8 Å². The highest BCUT2D eigenvalue weighted by molar-refractivity contribution is 7.89. The van der Waals surface area contributed by atoms with E-state index in [2.05, 4.69) is 10.8 Å². The zero-order valence-electron chi connectivity index (χ0n) is 14.3. The summed E-state index contributed by atoms with van der Waals surface area (Å²) in [6, 6.07) is 6.44. The summed E-state index contributed by atoms with van der Waals surface area (Å²) in [5.74, 6) is -0.354. The maximum absolute atomic E-state index is 13.8. The molecule has 136 valence electrons. The van der Waals surface area contributed by atoms with Gasteiger partial charge in [-0.2, -0.15) is 5.10 Å². The molecule has 0 aliphatic carbocycles. The third-order valence-electron chi connectivity index (χ3n) is 3.73. The molecule has 25 heavy (non-hydrogen) atoms. The molecule has 3 N–H and O–H groups in total. The molecule has 0 bridgehead atoms. The van der Waals surface area contributed by atoms with Crippen LogP contribution in [-0.2, 0) is 16.6 Å². The van der Waals surface area contributed by atoms with E-state index in [1.807, 2.05) is 0 Å². The third kappa shape index (κ3) is 4.09. The number of nitrogens with zero attached hydrogens (tertiary/aromatic N) is 3. The molecule has 0 aliphatic rings. The van der Waals surface area contributed by atoms with E-state index in [1.165, 1.54) is 37.0 Å². The van der Waals surface area contributed by atoms with Crippen LogP contribution in [0.3, 0.4) is 0 Å². The quantitative estimate of drug-likeness (QED) is 0.821. The molecule has 0 aliphatic heterocycles. The minimum atomic E-state index is -3.57. The van der Waals surface area contributed by atoms with Gasteiger partial charge in [0.05, 0.1) is 18.0 Å². The SMILES string of the molecule is Cc1c(-c2cccc(S(=O)(=O)N(C)C)c2)c(Cl)nn1C/C(F)=C/C[NH3+]. The maximum Gasteiger partial charge on any atom is 0.242 e. The first kappa shape index (κ1) is 19.6. The predicted octanol–water partition coefficient (Wildman–Crippen LogP) is 1.86. The van der Waals surface area contributed by atoms with Crippen LogP contribution in [0.4, 0.5) is 4.39 Å². The normalized spacial score (nSPS) is 12.8. The van der Waals surface area contributed by atoms with Crippen LogP contribution in [0.15, 0.2) is 41.1 Å². The van der Waals surface area contributed by atoms with Crippen molar-refractivity contribution in [1.29, 1.82) is 0 Å². The maximum atomic E-state index is 13.8. The van der Waals surface area contributed by atoms with Crippen LogP contribution in [0.2, 0.25) is 5.15 Å². The summed E-state index contributed by atoms with van der Waals surface area (Å²) in [5.41, 5.74) is 5.42. The van der Waals surface area contributed by atoms with E-state index in [-0.39, 0.29) is 22.4 Å². The Bertz CT molecular complexity index is 907. The smallest absolute Gasteiger partial charge is 0.242 e. The summed E-state index contributed by atoms with van der Waals surface area (Å²) in [4.78, 5) is 0.154. The van der Waals surface area contributed by atoms with Gasteiger partial charge < -0.3 is 5.73 Å². The molecule has 1 aromatic heterocycles. The summed E-state index contributed by atoms with van der Waals surface area (Å²) in [7, 11) is -0.629. The minimum absolute atomic E-state index is 0.0449. The number of quaternary nitrogens is 1. The lowest BCUT2D eigenvalue weighted by Gasteiger charge is -2.12. The van der Waals surface area contributed by atoms with E-state index in [4.69, 9.17) is 11.6 Å². The van der Waals surface area contributed by atoms with Crippen molar-refractivity contribution in [3.8, 4) is 11.1 Å². The molecule has 0 saturated carbocycles. The van der Waals surface area contributed by atoms with Crippen LogP contribution < -0.4 is 5.73 Å². The van der Waals surface area contributed by atoms with Gasteiger partial charge in [-0.05, 0) is 24.6 Å². The number of aromatic nitrogens is 2. The highest BCUT2D eigenvalue weighted by Gasteiger charge is 2.20. The van der Waals surface area contributed by atoms with Crippen molar-refractivity contribution in [3.63, 3.8) is 0 Å². The number of halogens is 2. The molecule has 0 saturated heterocycles. The third-order valence-corrected chi connectivity index (χ3v) is 5.81. The molecule has 0 atom stereocenters. The second-order valence-corrected chi connectivity index (χ2v) is 8.17. The number of hydrogen-bond donors (Lipinski definition) is 1. The van der Waals surface area contributed by atoms with Crippen molar-refractivity contribution >= 4 is 21.6 Å². The Morgan fingerprint density at radius 3 is 2.72 bits per heavy atom. The van der Waals surface area contributed by atoms with Gasteiger partial charge >= 0.3 is 0 Å². The second kappa shape index (κ2) is 7.65. The van der Waals surface area contributed by atoms with Crippen LogP contribution in [0.5, 0.6) is 0 Å². The molecule has 2 aromatic rings. The molecule has 2 rings (SSSR count). The number of benzene rings is 1. The number of rotatable bonds is 6. The molecule has 1 aromatic carbocycles. The summed E-state index contributed by atoms with van der Waals surface area (Å²) in [6.07, 6.45) is 1.37. The predicted molar refractivity (Wildman–Crippen MR) is 95.2 cm³/mol. The van der Waals surface area contributed by atoms with E-state index < -0.39 is 10.0 Å². The average Bonchev–Trinajstić information content (AvgIpc) is 2.81. The van der Waals surface area contributed by atoms with Gasteiger partial charge in [0.15, 0.2) is 5.15 Å². The van der Waals surface area contributed by atoms with Gasteiger partial charge in [-0.1, -0.05) is 23.7 Å². The first-order valence-electron chi connectivity index (χ1n) is 7.58. The topological polar surface area (TPSA) is 82.8 Å². The lowest BCUT2D eigenvalue weighted by molar-refractivity contribution is -0.353. The Morgan fingerprint density at radius 2 is 2.12 bits per heavy atom. The highest BCUT2D eigenvalue weighted by atomic mass is 35.5. The van der Waals surface area contributed by atoms with Gasteiger partial charge in [0.2, 0.25) is 10.0 Å². The molecule has 9 heteroatoms. The van der Waals surface area contributed by atoms with E-state index in [0.29, 0.717) is 23.4 Å². The van der Waals surface area contributed by atoms with Crippen LogP contribution in [0.25, 0.3) is 11.1 Å². The van der Waals surface area contributed by atoms with Crippen LogP contribution >= 0.6 is 11.6 Å². The highest BCUT2D eigenvalue weighted by Crippen LogP contribution is 2.32. The van der Waals surface area contributed by atoms with E-state index in [1.54, 1.807) is 19.1 Å². The molecule has 6 nitrogen and oxygen atoms in total. The Morgan fingerprint density at radius 1 is 1.44 bits per heavy atom. The summed E-state index contributed by atoms with van der Waals surface area (Å²) in [6.45, 7) is 2.06. The Balaban J connectivity index is 2.50. The van der Waals surface area contributed by atoms with Crippen molar-refractivity contribution in [1.82, 2.24) is 14.1 Å². The summed E-state index contributed by atoms with van der Waals surface area (Å²) in [5, 5.41) is 4.35. The van der Waals surface area contributed by atoms with Crippen molar-refractivity contribution in [2.45, 2.75) is 18.4 Å². The molecular formula is C16H21ClFN4O2S+.